The third kappa shape index (κ3) is 5.18. The van der Waals surface area contributed by atoms with Crippen LogP contribution in [0.5, 0.6) is 0 Å². The van der Waals surface area contributed by atoms with Gasteiger partial charge in [-0.3, -0.25) is 0 Å². The lowest BCUT2D eigenvalue weighted by Crippen LogP contribution is -2.33. The molecule has 3 aromatic heterocycles. The summed E-state index contributed by atoms with van der Waals surface area (Å²) in [6, 6.07) is 65.4. The third-order valence-electron chi connectivity index (χ3n) is 11.3. The van der Waals surface area contributed by atoms with Crippen molar-refractivity contribution in [3.8, 4) is 16.8 Å². The molecule has 8 aromatic carbocycles. The molecular weight excluding hydrogens is 733 g/mol. The highest BCUT2D eigenvalue weighted by molar-refractivity contribution is 7.27. The van der Waals surface area contributed by atoms with Gasteiger partial charge in [-0.05, 0) is 59.2 Å². The summed E-state index contributed by atoms with van der Waals surface area (Å²) in [7, 11) is 0. The molecule has 1 unspecified atom stereocenters. The van der Waals surface area contributed by atoms with Crippen molar-refractivity contribution in [2.24, 2.45) is 9.98 Å². The number of thiophene rings is 2. The van der Waals surface area contributed by atoms with Gasteiger partial charge in [-0.1, -0.05) is 140 Å². The van der Waals surface area contributed by atoms with E-state index < -0.39 is 0 Å². The number of para-hydroxylation sites is 2. The lowest BCUT2D eigenvalue weighted by atomic mass is 10.00. The number of aliphatic imine (C=N–C) groups is 2. The van der Waals surface area contributed by atoms with E-state index in [9.17, 15) is 0 Å². The van der Waals surface area contributed by atoms with Crippen LogP contribution in [-0.2, 0) is 0 Å². The number of nitrogens with zero attached hydrogens (tertiary/aromatic N) is 3. The molecule has 0 aliphatic carbocycles. The van der Waals surface area contributed by atoms with E-state index in [-0.39, 0.29) is 6.17 Å². The van der Waals surface area contributed by atoms with Gasteiger partial charge in [-0.15, -0.1) is 22.7 Å². The predicted octanol–water partition coefficient (Wildman–Crippen LogP) is 13.7. The SMILES string of the molecule is c1ccc(C2=NC(c3ccccc3)NC(c3cccc4c3sc3c(-c5ccc6sc7cc(-n8c9ccccc9c9ccccc98)ccc7c6c5)cccc34)=N2)cc1. The van der Waals surface area contributed by atoms with E-state index >= 15 is 0 Å². The highest BCUT2D eigenvalue weighted by Crippen LogP contribution is 2.44. The Balaban J connectivity index is 0.973. The minimum absolute atomic E-state index is 0.251. The number of nitrogens with one attached hydrogen (secondary N) is 1. The summed E-state index contributed by atoms with van der Waals surface area (Å²) in [5, 5.41) is 11.3. The van der Waals surface area contributed by atoms with E-state index in [0.717, 1.165) is 28.4 Å². The van der Waals surface area contributed by atoms with E-state index in [1.165, 1.54) is 79.0 Å². The molecule has 0 fully saturated rings. The van der Waals surface area contributed by atoms with Crippen molar-refractivity contribution in [1.29, 1.82) is 0 Å². The zero-order chi connectivity index (χ0) is 37.5. The number of rotatable bonds is 5. The molecule has 6 heteroatoms. The van der Waals surface area contributed by atoms with Crippen LogP contribution < -0.4 is 5.32 Å². The molecule has 0 saturated carbocycles. The van der Waals surface area contributed by atoms with Crippen molar-refractivity contribution < 1.29 is 0 Å². The molecule has 1 aliphatic heterocycles. The van der Waals surface area contributed by atoms with Gasteiger partial charge in [0.05, 0.1) is 11.0 Å². The average Bonchev–Trinajstić information content (AvgIpc) is 3.96. The van der Waals surface area contributed by atoms with Crippen LogP contribution in [0.1, 0.15) is 22.9 Å². The number of benzene rings is 8. The van der Waals surface area contributed by atoms with Crippen molar-refractivity contribution >= 4 is 96.5 Å². The van der Waals surface area contributed by atoms with Gasteiger partial charge >= 0.3 is 0 Å². The van der Waals surface area contributed by atoms with Gasteiger partial charge in [0, 0.05) is 67.9 Å². The maximum atomic E-state index is 5.17. The van der Waals surface area contributed by atoms with E-state index in [1.54, 1.807) is 0 Å². The van der Waals surface area contributed by atoms with E-state index in [0.29, 0.717) is 0 Å². The maximum absolute atomic E-state index is 5.17. The van der Waals surface area contributed by atoms with Crippen LogP contribution >= 0.6 is 22.7 Å². The second-order valence-electron chi connectivity index (χ2n) is 14.6. The Bertz CT molecular complexity index is 3390. The normalized spacial score (nSPS) is 14.5. The average molecular weight is 765 g/mol. The van der Waals surface area contributed by atoms with E-state index in [2.05, 4.69) is 168 Å². The number of hydrogen-bond acceptors (Lipinski definition) is 5. The fourth-order valence-electron chi connectivity index (χ4n) is 8.62. The summed E-state index contributed by atoms with van der Waals surface area (Å²) >= 11 is 3.72. The van der Waals surface area contributed by atoms with Gasteiger partial charge < -0.3 is 9.88 Å². The first-order valence-corrected chi connectivity index (χ1v) is 20.8. The molecule has 11 aromatic rings. The number of fused-ring (bicyclic) bond motifs is 9. The van der Waals surface area contributed by atoms with Crippen LogP contribution in [0.25, 0.3) is 79.0 Å². The molecule has 12 rings (SSSR count). The van der Waals surface area contributed by atoms with Gasteiger partial charge in [0.2, 0.25) is 0 Å². The molecule has 4 heterocycles. The second kappa shape index (κ2) is 12.8. The summed E-state index contributed by atoms with van der Waals surface area (Å²) < 4.78 is 7.48. The zero-order valence-corrected chi connectivity index (χ0v) is 32.2. The largest absolute Gasteiger partial charge is 0.344 e. The molecule has 1 N–H and O–H groups in total. The standard InChI is InChI=1S/C51H32N4S2/c1-3-13-31(14-4-1)49-52-50(32-15-5-2-6-16-32)54-51(53-49)41-22-12-21-40-39-20-11-19-35(47(39)57-48(40)41)33-25-28-45-42(29-33)38-27-26-34(30-46(38)56-45)55-43-23-9-7-17-36(43)37-18-8-10-24-44(37)55/h1-30,49H,(H,52,53,54). The van der Waals surface area contributed by atoms with Crippen LogP contribution in [-0.4, -0.2) is 16.2 Å². The molecule has 268 valence electrons. The Labute approximate surface area is 336 Å². The highest BCUT2D eigenvalue weighted by Gasteiger charge is 2.24. The lowest BCUT2D eigenvalue weighted by Gasteiger charge is -2.24. The fourth-order valence-corrected chi connectivity index (χ4v) is 11.1. The molecule has 0 amide bonds. The van der Waals surface area contributed by atoms with Crippen molar-refractivity contribution in [2.75, 3.05) is 0 Å². The minimum atomic E-state index is -0.251. The predicted molar refractivity (Wildman–Crippen MR) is 244 cm³/mol. The van der Waals surface area contributed by atoms with Crippen molar-refractivity contribution in [1.82, 2.24) is 9.88 Å². The van der Waals surface area contributed by atoms with Gasteiger partial charge in [-0.25, -0.2) is 9.98 Å². The van der Waals surface area contributed by atoms with Gasteiger partial charge in [-0.2, -0.15) is 0 Å². The molecule has 0 spiro atoms. The first-order valence-electron chi connectivity index (χ1n) is 19.2. The summed E-state index contributed by atoms with van der Waals surface area (Å²) in [6.07, 6.45) is -0.251. The first kappa shape index (κ1) is 32.4. The van der Waals surface area contributed by atoms with Crippen LogP contribution in [0.3, 0.4) is 0 Å². The van der Waals surface area contributed by atoms with Gasteiger partial charge in [0.25, 0.3) is 0 Å². The van der Waals surface area contributed by atoms with Gasteiger partial charge in [0.1, 0.15) is 12.0 Å². The Morgan fingerprint density at radius 1 is 0.456 bits per heavy atom. The van der Waals surface area contributed by atoms with E-state index in [1.807, 2.05) is 46.9 Å². The summed E-state index contributed by atoms with van der Waals surface area (Å²) in [5.41, 5.74) is 9.31. The van der Waals surface area contributed by atoms with Crippen molar-refractivity contribution in [3.05, 3.63) is 199 Å². The summed E-state index contributed by atoms with van der Waals surface area (Å²) in [6.45, 7) is 0. The molecule has 57 heavy (non-hydrogen) atoms. The first-order chi connectivity index (χ1) is 28.2. The molecule has 0 radical (unpaired) electrons. The van der Waals surface area contributed by atoms with Crippen LogP contribution in [0.15, 0.2) is 192 Å². The topological polar surface area (TPSA) is 41.7 Å². The Morgan fingerprint density at radius 3 is 1.86 bits per heavy atom. The smallest absolute Gasteiger partial charge is 0.159 e. The summed E-state index contributed by atoms with van der Waals surface area (Å²) in [5.74, 6) is 1.57. The molecular formula is C51H32N4S2. The molecule has 1 aliphatic rings. The number of amidine groups is 2. The molecule has 0 bridgehead atoms. The lowest BCUT2D eigenvalue weighted by molar-refractivity contribution is 0.674. The fraction of sp³-hybridized carbons (Fsp3) is 0.0196. The molecule has 1 atom stereocenters. The van der Waals surface area contributed by atoms with Crippen LogP contribution in [0.2, 0.25) is 0 Å². The van der Waals surface area contributed by atoms with Crippen LogP contribution in [0.4, 0.5) is 0 Å². The molecule has 4 nitrogen and oxygen atoms in total. The number of hydrogen-bond donors (Lipinski definition) is 1. The third-order valence-corrected chi connectivity index (χ3v) is 13.7. The maximum Gasteiger partial charge on any atom is 0.159 e. The van der Waals surface area contributed by atoms with E-state index in [4.69, 9.17) is 9.98 Å². The summed E-state index contributed by atoms with van der Waals surface area (Å²) in [4.78, 5) is 10.2. The Hall–Kier alpha value is -6.86. The van der Waals surface area contributed by atoms with Crippen molar-refractivity contribution in [3.63, 3.8) is 0 Å². The van der Waals surface area contributed by atoms with Gasteiger partial charge in [0.15, 0.2) is 5.84 Å². The molecule has 0 saturated heterocycles. The quantitative estimate of drug-likeness (QED) is 0.186. The Kier molecular flexibility index (Phi) is 7.30. The minimum Gasteiger partial charge on any atom is -0.344 e. The van der Waals surface area contributed by atoms with Crippen LogP contribution in [0, 0.1) is 0 Å². The zero-order valence-electron chi connectivity index (χ0n) is 30.6. The highest BCUT2D eigenvalue weighted by atomic mass is 32.1. The van der Waals surface area contributed by atoms with Crippen molar-refractivity contribution in [2.45, 2.75) is 6.17 Å². The monoisotopic (exact) mass is 764 g/mol. The second-order valence-corrected chi connectivity index (χ2v) is 16.7. The number of aromatic nitrogens is 1. The Morgan fingerprint density at radius 2 is 1.11 bits per heavy atom.